The molecule has 1 atom stereocenters. The van der Waals surface area contributed by atoms with Crippen LogP contribution in [0.25, 0.3) is 5.78 Å². The molecule has 6 nitrogen and oxygen atoms in total. The van der Waals surface area contributed by atoms with Crippen LogP contribution < -0.4 is 5.32 Å². The Morgan fingerprint density at radius 3 is 2.96 bits per heavy atom. The molecule has 0 aliphatic carbocycles. The molecule has 0 fully saturated rings. The van der Waals surface area contributed by atoms with Crippen LogP contribution in [0.3, 0.4) is 0 Å². The van der Waals surface area contributed by atoms with Gasteiger partial charge in [0.2, 0.25) is 5.78 Å². The lowest BCUT2D eigenvalue weighted by molar-refractivity contribution is 0.104. The van der Waals surface area contributed by atoms with Gasteiger partial charge >= 0.3 is 0 Å². The molecule has 0 saturated carbocycles. The molecule has 2 N–H and O–H groups in total. The zero-order valence-corrected chi connectivity index (χ0v) is 14.2. The van der Waals surface area contributed by atoms with Crippen molar-refractivity contribution >= 4 is 5.78 Å². The van der Waals surface area contributed by atoms with Crippen molar-refractivity contribution < 1.29 is 5.11 Å². The smallest absolute Gasteiger partial charge is 0.233 e. The number of aromatic nitrogens is 3. The Morgan fingerprint density at radius 1 is 1.16 bits per heavy atom. The van der Waals surface area contributed by atoms with Crippen LogP contribution in [-0.2, 0) is 19.5 Å². The van der Waals surface area contributed by atoms with E-state index in [1.165, 1.54) is 11.1 Å². The molecule has 0 saturated heterocycles. The van der Waals surface area contributed by atoms with Crippen molar-refractivity contribution in [2.45, 2.75) is 25.6 Å². The monoisotopic (exact) mass is 337 g/mol. The summed E-state index contributed by atoms with van der Waals surface area (Å²) in [5.74, 6) is 0.701. The van der Waals surface area contributed by atoms with Crippen molar-refractivity contribution in [2.24, 2.45) is 0 Å². The number of hydrogen-bond donors (Lipinski definition) is 2. The highest BCUT2D eigenvalue weighted by Gasteiger charge is 2.18. The SMILES string of the molecule is OC(CNCc1cnc2ncccn12)CN1CCc2ccccc2C1. The maximum absolute atomic E-state index is 10.4. The number of β-amino-alcohol motifs (C(OH)–C–C–N with tert-alkyl or cyclic N) is 1. The number of nitrogens with one attached hydrogen (secondary N) is 1. The van der Waals surface area contributed by atoms with Crippen LogP contribution in [0.2, 0.25) is 0 Å². The highest BCUT2D eigenvalue weighted by Crippen LogP contribution is 2.18. The van der Waals surface area contributed by atoms with Crippen LogP contribution in [0.4, 0.5) is 0 Å². The van der Waals surface area contributed by atoms with Gasteiger partial charge in [-0.1, -0.05) is 24.3 Å². The van der Waals surface area contributed by atoms with Gasteiger partial charge in [0.05, 0.1) is 18.0 Å². The van der Waals surface area contributed by atoms with E-state index in [1.807, 2.05) is 22.9 Å². The zero-order valence-electron chi connectivity index (χ0n) is 14.2. The molecule has 4 rings (SSSR count). The molecule has 0 spiro atoms. The van der Waals surface area contributed by atoms with E-state index in [-0.39, 0.29) is 6.10 Å². The Labute approximate surface area is 147 Å². The van der Waals surface area contributed by atoms with Gasteiger partial charge in [-0.25, -0.2) is 9.97 Å². The van der Waals surface area contributed by atoms with Gasteiger partial charge in [-0.3, -0.25) is 9.30 Å². The second kappa shape index (κ2) is 7.31. The Hall–Kier alpha value is -2.28. The Bertz CT molecular complexity index is 846. The molecule has 0 bridgehead atoms. The van der Waals surface area contributed by atoms with Gasteiger partial charge in [-0.15, -0.1) is 0 Å². The van der Waals surface area contributed by atoms with E-state index < -0.39 is 0 Å². The molecule has 1 aliphatic rings. The molecule has 130 valence electrons. The molecule has 1 aromatic carbocycles. The second-order valence-electron chi connectivity index (χ2n) is 6.58. The average Bonchev–Trinajstić information content (AvgIpc) is 3.05. The largest absolute Gasteiger partial charge is 0.390 e. The first-order chi connectivity index (χ1) is 12.3. The quantitative estimate of drug-likeness (QED) is 0.708. The van der Waals surface area contributed by atoms with E-state index >= 15 is 0 Å². The number of fused-ring (bicyclic) bond motifs is 2. The summed E-state index contributed by atoms with van der Waals surface area (Å²) < 4.78 is 1.96. The van der Waals surface area contributed by atoms with E-state index in [2.05, 4.69) is 44.5 Å². The van der Waals surface area contributed by atoms with Gasteiger partial charge in [0.25, 0.3) is 0 Å². The fourth-order valence-corrected chi connectivity index (χ4v) is 3.45. The molecule has 2 aromatic heterocycles. The second-order valence-corrected chi connectivity index (χ2v) is 6.58. The normalized spacial score (nSPS) is 16.0. The van der Waals surface area contributed by atoms with E-state index in [1.54, 1.807) is 6.20 Å². The van der Waals surface area contributed by atoms with Crippen molar-refractivity contribution in [3.05, 3.63) is 65.7 Å². The molecular formula is C19H23N5O. The molecule has 0 radical (unpaired) electrons. The van der Waals surface area contributed by atoms with Crippen LogP contribution in [-0.4, -0.2) is 50.1 Å². The third-order valence-corrected chi connectivity index (χ3v) is 4.73. The van der Waals surface area contributed by atoms with Gasteiger partial charge in [0.15, 0.2) is 0 Å². The first-order valence-electron chi connectivity index (χ1n) is 8.74. The molecule has 3 aromatic rings. The number of rotatable bonds is 6. The minimum atomic E-state index is -0.387. The van der Waals surface area contributed by atoms with Gasteiger partial charge in [-0.2, -0.15) is 0 Å². The van der Waals surface area contributed by atoms with E-state index in [0.29, 0.717) is 25.4 Å². The lowest BCUT2D eigenvalue weighted by Gasteiger charge is -2.30. The Balaban J connectivity index is 1.26. The number of hydrogen-bond acceptors (Lipinski definition) is 5. The fraction of sp³-hybridized carbons (Fsp3) is 0.368. The molecule has 25 heavy (non-hydrogen) atoms. The van der Waals surface area contributed by atoms with Crippen LogP contribution in [0.15, 0.2) is 48.9 Å². The lowest BCUT2D eigenvalue weighted by atomic mass is 10.00. The summed E-state index contributed by atoms with van der Waals surface area (Å²) in [6, 6.07) is 10.5. The fourth-order valence-electron chi connectivity index (χ4n) is 3.45. The summed E-state index contributed by atoms with van der Waals surface area (Å²) in [7, 11) is 0. The summed E-state index contributed by atoms with van der Waals surface area (Å²) in [6.45, 7) is 3.84. The van der Waals surface area contributed by atoms with E-state index in [9.17, 15) is 5.11 Å². The highest BCUT2D eigenvalue weighted by atomic mass is 16.3. The zero-order chi connectivity index (χ0) is 17.1. The van der Waals surface area contributed by atoms with Gasteiger partial charge < -0.3 is 10.4 Å². The van der Waals surface area contributed by atoms with Crippen LogP contribution in [0, 0.1) is 0 Å². The van der Waals surface area contributed by atoms with Crippen LogP contribution in [0.1, 0.15) is 16.8 Å². The predicted molar refractivity (Wildman–Crippen MR) is 96.1 cm³/mol. The van der Waals surface area contributed by atoms with Crippen molar-refractivity contribution in [2.75, 3.05) is 19.6 Å². The summed E-state index contributed by atoms with van der Waals surface area (Å²) in [6.07, 6.45) is 6.19. The maximum Gasteiger partial charge on any atom is 0.233 e. The van der Waals surface area contributed by atoms with Crippen LogP contribution >= 0.6 is 0 Å². The summed E-state index contributed by atoms with van der Waals surface area (Å²) >= 11 is 0. The number of imidazole rings is 1. The molecular weight excluding hydrogens is 314 g/mol. The first-order valence-corrected chi connectivity index (χ1v) is 8.74. The first kappa shape index (κ1) is 16.2. The standard InChI is InChI=1S/C19H23N5O/c25-18(14-23-9-6-15-4-1-2-5-16(15)13-23)12-20-10-17-11-22-19-21-7-3-8-24(17)19/h1-5,7-8,11,18,20,25H,6,9-10,12-14H2. The minimum absolute atomic E-state index is 0.387. The molecule has 0 amide bonds. The third-order valence-electron chi connectivity index (χ3n) is 4.73. The summed E-state index contributed by atoms with van der Waals surface area (Å²) in [4.78, 5) is 10.8. The van der Waals surface area contributed by atoms with Gasteiger partial charge in [0.1, 0.15) is 0 Å². The maximum atomic E-state index is 10.4. The lowest BCUT2D eigenvalue weighted by Crippen LogP contribution is -2.40. The number of nitrogens with zero attached hydrogens (tertiary/aromatic N) is 4. The van der Waals surface area contributed by atoms with Crippen LogP contribution in [0.5, 0.6) is 0 Å². The summed E-state index contributed by atoms with van der Waals surface area (Å²) in [5, 5.41) is 13.7. The average molecular weight is 337 g/mol. The Morgan fingerprint density at radius 2 is 2.04 bits per heavy atom. The third kappa shape index (κ3) is 3.71. The highest BCUT2D eigenvalue weighted by molar-refractivity contribution is 5.30. The topological polar surface area (TPSA) is 65.7 Å². The molecule has 1 unspecified atom stereocenters. The number of aliphatic hydroxyl groups is 1. The van der Waals surface area contributed by atoms with Gasteiger partial charge in [0, 0.05) is 45.1 Å². The summed E-state index contributed by atoms with van der Waals surface area (Å²) in [5.41, 5.74) is 3.86. The number of benzene rings is 1. The molecule has 3 heterocycles. The van der Waals surface area contributed by atoms with Gasteiger partial charge in [-0.05, 0) is 23.6 Å². The van der Waals surface area contributed by atoms with E-state index in [0.717, 1.165) is 25.2 Å². The predicted octanol–water partition coefficient (Wildman–Crippen LogP) is 1.24. The molecule has 6 heteroatoms. The Kier molecular flexibility index (Phi) is 4.74. The van der Waals surface area contributed by atoms with Crippen molar-refractivity contribution in [1.29, 1.82) is 0 Å². The molecule has 1 aliphatic heterocycles. The van der Waals surface area contributed by atoms with Crippen molar-refractivity contribution in [3.8, 4) is 0 Å². The van der Waals surface area contributed by atoms with Crippen molar-refractivity contribution in [1.82, 2.24) is 24.6 Å². The number of aliphatic hydroxyl groups excluding tert-OH is 1. The van der Waals surface area contributed by atoms with E-state index in [4.69, 9.17) is 0 Å². The minimum Gasteiger partial charge on any atom is -0.390 e. The van der Waals surface area contributed by atoms with Crippen molar-refractivity contribution in [3.63, 3.8) is 0 Å².